The van der Waals surface area contributed by atoms with Crippen molar-refractivity contribution in [2.45, 2.75) is 5.16 Å². The first kappa shape index (κ1) is 18.8. The van der Waals surface area contributed by atoms with Crippen molar-refractivity contribution < 1.29 is 9.59 Å². The van der Waals surface area contributed by atoms with Crippen LogP contribution in [0.25, 0.3) is 0 Å². The molecule has 0 radical (unpaired) electrons. The maximum Gasteiger partial charge on any atom is 0.244 e. The molecule has 0 aliphatic carbocycles. The van der Waals surface area contributed by atoms with Gasteiger partial charge in [-0.2, -0.15) is 0 Å². The van der Waals surface area contributed by atoms with Crippen LogP contribution in [0, 0.1) is 0 Å². The number of rotatable bonds is 6. The molecule has 2 aromatic rings. The number of hydrogen-bond donors (Lipinski definition) is 3. The first-order valence-corrected chi connectivity index (χ1v) is 8.52. The number of hydrogen-bond acceptors (Lipinski definition) is 7. The van der Waals surface area contributed by atoms with Gasteiger partial charge in [0.2, 0.25) is 11.8 Å². The molecule has 0 unspecified atom stereocenters. The lowest BCUT2D eigenvalue weighted by molar-refractivity contribution is -0.131. The molecule has 0 aliphatic rings. The number of nitrogens with zero attached hydrogens (tertiary/aromatic N) is 3. The quantitative estimate of drug-likeness (QED) is 0.511. The van der Waals surface area contributed by atoms with E-state index in [4.69, 9.17) is 23.1 Å². The van der Waals surface area contributed by atoms with E-state index < -0.39 is 0 Å². The monoisotopic (exact) mass is 380 g/mol. The topological polar surface area (TPSA) is 127 Å². The second-order valence-electron chi connectivity index (χ2n) is 5.07. The molecule has 0 atom stereocenters. The summed E-state index contributed by atoms with van der Waals surface area (Å²) in [5, 5.41) is 3.39. The first-order valence-electron chi connectivity index (χ1n) is 7.16. The minimum Gasteiger partial charge on any atom is -0.383 e. The maximum absolute atomic E-state index is 12.1. The largest absolute Gasteiger partial charge is 0.383 e. The average molecular weight is 381 g/mol. The number of anilines is 3. The normalized spacial score (nSPS) is 10.3. The van der Waals surface area contributed by atoms with Crippen LogP contribution in [0.2, 0.25) is 5.02 Å². The van der Waals surface area contributed by atoms with Gasteiger partial charge in [-0.15, -0.1) is 0 Å². The number of halogens is 1. The molecule has 8 nitrogen and oxygen atoms in total. The minimum atomic E-state index is -0.349. The summed E-state index contributed by atoms with van der Waals surface area (Å²) in [5.41, 5.74) is 11.6. The van der Waals surface area contributed by atoms with Gasteiger partial charge >= 0.3 is 0 Å². The van der Waals surface area contributed by atoms with Crippen molar-refractivity contribution in [3.8, 4) is 0 Å². The van der Waals surface area contributed by atoms with Crippen LogP contribution in [0.3, 0.4) is 0 Å². The van der Waals surface area contributed by atoms with Crippen LogP contribution in [-0.2, 0) is 9.59 Å². The highest BCUT2D eigenvalue weighted by molar-refractivity contribution is 7.99. The first-order chi connectivity index (χ1) is 11.8. The van der Waals surface area contributed by atoms with Crippen molar-refractivity contribution in [2.75, 3.05) is 36.1 Å². The van der Waals surface area contributed by atoms with Crippen LogP contribution in [0.5, 0.6) is 0 Å². The van der Waals surface area contributed by atoms with Crippen LogP contribution in [0.15, 0.2) is 35.5 Å². The lowest BCUT2D eigenvalue weighted by Crippen LogP contribution is -2.36. The number of benzene rings is 1. The number of likely N-dealkylation sites (N-methyl/N-ethyl adjacent to an activating group) is 1. The van der Waals surface area contributed by atoms with Gasteiger partial charge in [0.05, 0.1) is 23.0 Å². The zero-order valence-corrected chi connectivity index (χ0v) is 15.0. The number of amides is 2. The highest BCUT2D eigenvalue weighted by Crippen LogP contribution is 2.20. The van der Waals surface area contributed by atoms with Gasteiger partial charge in [0.25, 0.3) is 0 Å². The van der Waals surface area contributed by atoms with Gasteiger partial charge in [0.1, 0.15) is 11.6 Å². The molecule has 1 heterocycles. The number of aromatic nitrogens is 2. The van der Waals surface area contributed by atoms with E-state index in [1.54, 1.807) is 24.3 Å². The lowest BCUT2D eigenvalue weighted by Gasteiger charge is -2.16. The maximum atomic E-state index is 12.1. The van der Waals surface area contributed by atoms with Crippen molar-refractivity contribution in [3.63, 3.8) is 0 Å². The Morgan fingerprint density at radius 3 is 2.52 bits per heavy atom. The van der Waals surface area contributed by atoms with Crippen LogP contribution in [0.1, 0.15) is 0 Å². The fraction of sp³-hybridized carbons (Fsp3) is 0.200. The Morgan fingerprint density at radius 2 is 1.88 bits per heavy atom. The molecular weight excluding hydrogens is 364 g/mol. The van der Waals surface area contributed by atoms with Crippen molar-refractivity contribution >= 4 is 52.5 Å². The third-order valence-corrected chi connectivity index (χ3v) is 4.19. The Morgan fingerprint density at radius 1 is 1.24 bits per heavy atom. The van der Waals surface area contributed by atoms with Crippen molar-refractivity contribution in [1.82, 2.24) is 14.9 Å². The molecular formula is C15H17ClN6O2S. The van der Waals surface area contributed by atoms with Gasteiger partial charge in [-0.25, -0.2) is 9.97 Å². The molecule has 2 rings (SSSR count). The number of nitrogens with two attached hydrogens (primary N) is 2. The van der Waals surface area contributed by atoms with Gasteiger partial charge in [-0.3, -0.25) is 9.59 Å². The van der Waals surface area contributed by atoms with E-state index in [0.29, 0.717) is 15.9 Å². The molecule has 0 fully saturated rings. The second-order valence-corrected chi connectivity index (χ2v) is 6.42. The third-order valence-electron chi connectivity index (χ3n) is 3.02. The fourth-order valence-electron chi connectivity index (χ4n) is 1.82. The van der Waals surface area contributed by atoms with Gasteiger partial charge in [-0.1, -0.05) is 35.5 Å². The summed E-state index contributed by atoms with van der Waals surface area (Å²) >= 11 is 7.07. The molecule has 10 heteroatoms. The van der Waals surface area contributed by atoms with Gasteiger partial charge in [0.15, 0.2) is 5.16 Å². The van der Waals surface area contributed by atoms with Gasteiger partial charge < -0.3 is 21.7 Å². The molecule has 0 aliphatic heterocycles. The SMILES string of the molecule is CN(CC(=O)Nc1ccccc1Cl)C(=O)CSc1nc(N)cc(N)n1. The van der Waals surface area contributed by atoms with E-state index in [2.05, 4.69) is 15.3 Å². The molecule has 25 heavy (non-hydrogen) atoms. The highest BCUT2D eigenvalue weighted by Gasteiger charge is 2.15. The molecule has 0 saturated carbocycles. The van der Waals surface area contributed by atoms with E-state index in [1.165, 1.54) is 18.0 Å². The van der Waals surface area contributed by atoms with Crippen LogP contribution >= 0.6 is 23.4 Å². The Balaban J connectivity index is 1.85. The predicted molar refractivity (Wildman–Crippen MR) is 99.3 cm³/mol. The summed E-state index contributed by atoms with van der Waals surface area (Å²) in [5.74, 6) is -0.0918. The van der Waals surface area contributed by atoms with E-state index in [-0.39, 0.29) is 35.7 Å². The van der Waals surface area contributed by atoms with Crippen LogP contribution in [0.4, 0.5) is 17.3 Å². The van der Waals surface area contributed by atoms with Crippen LogP contribution < -0.4 is 16.8 Å². The summed E-state index contributed by atoms with van der Waals surface area (Å²) in [6.07, 6.45) is 0. The smallest absolute Gasteiger partial charge is 0.244 e. The van der Waals surface area contributed by atoms with Gasteiger partial charge in [0, 0.05) is 13.1 Å². The zero-order valence-electron chi connectivity index (χ0n) is 13.4. The number of nitrogens with one attached hydrogen (secondary N) is 1. The molecule has 0 spiro atoms. The number of thioether (sulfide) groups is 1. The Labute approximate surface area is 153 Å². The number of carbonyl (C=O) groups excluding carboxylic acids is 2. The van der Waals surface area contributed by atoms with Crippen LogP contribution in [-0.4, -0.2) is 46.0 Å². The Bertz CT molecular complexity index is 768. The molecule has 0 bridgehead atoms. The minimum absolute atomic E-state index is 0.0543. The predicted octanol–water partition coefficient (Wildman–Crippen LogP) is 1.48. The molecule has 2 amide bonds. The summed E-state index contributed by atoms with van der Waals surface area (Å²) in [6.45, 7) is -0.107. The lowest BCUT2D eigenvalue weighted by atomic mass is 10.3. The van der Waals surface area contributed by atoms with Crippen molar-refractivity contribution in [3.05, 3.63) is 35.4 Å². The number of carbonyl (C=O) groups is 2. The average Bonchev–Trinajstić information content (AvgIpc) is 2.53. The highest BCUT2D eigenvalue weighted by atomic mass is 35.5. The van der Waals surface area contributed by atoms with E-state index >= 15 is 0 Å². The van der Waals surface area contributed by atoms with Crippen molar-refractivity contribution in [2.24, 2.45) is 0 Å². The Hall–Kier alpha value is -2.52. The van der Waals surface area contributed by atoms with E-state index in [1.807, 2.05) is 0 Å². The Kier molecular flexibility index (Phi) is 6.43. The molecule has 1 aromatic carbocycles. The third kappa shape index (κ3) is 5.80. The summed E-state index contributed by atoms with van der Waals surface area (Å²) in [7, 11) is 1.53. The summed E-state index contributed by atoms with van der Waals surface area (Å²) in [6, 6.07) is 8.29. The van der Waals surface area contributed by atoms with Crippen molar-refractivity contribution in [1.29, 1.82) is 0 Å². The number of nitrogen functional groups attached to an aromatic ring is 2. The molecule has 1 aromatic heterocycles. The second kappa shape index (κ2) is 8.54. The van der Waals surface area contributed by atoms with E-state index in [0.717, 1.165) is 11.8 Å². The molecule has 5 N–H and O–H groups in total. The fourth-order valence-corrected chi connectivity index (χ4v) is 2.81. The van der Waals surface area contributed by atoms with Gasteiger partial charge in [-0.05, 0) is 12.1 Å². The number of para-hydroxylation sites is 1. The zero-order chi connectivity index (χ0) is 18.4. The summed E-state index contributed by atoms with van der Waals surface area (Å²) < 4.78 is 0. The standard InChI is InChI=1S/C15H17ClN6O2S/c1-22(7-13(23)19-10-5-3-2-4-9(10)16)14(24)8-25-15-20-11(17)6-12(18)21-15/h2-6H,7-8H2,1H3,(H,19,23)(H4,17,18,20,21). The molecule has 0 saturated heterocycles. The molecule has 132 valence electrons. The van der Waals surface area contributed by atoms with E-state index in [9.17, 15) is 9.59 Å². The summed E-state index contributed by atoms with van der Waals surface area (Å²) in [4.78, 5) is 33.4.